The third-order valence-corrected chi connectivity index (χ3v) is 6.89. The molecule has 96 valence electrons. The number of hydrogen-bond donors (Lipinski definition) is 0. The zero-order valence-electron chi connectivity index (χ0n) is 10.4. The quantitative estimate of drug-likeness (QED) is 0.849. The van der Waals surface area contributed by atoms with Crippen LogP contribution in [0.3, 0.4) is 0 Å². The molecule has 1 fully saturated rings. The first kappa shape index (κ1) is 13.0. The summed E-state index contributed by atoms with van der Waals surface area (Å²) in [5.41, 5.74) is -0.269. The molecule has 0 atom stereocenters. The average Bonchev–Trinajstić information content (AvgIpc) is 2.83. The molecule has 17 heavy (non-hydrogen) atoms. The summed E-state index contributed by atoms with van der Waals surface area (Å²) < 4.78 is 26.9. The van der Waals surface area contributed by atoms with E-state index in [4.69, 9.17) is 0 Å². The Morgan fingerprint density at radius 2 is 2.24 bits per heavy atom. The normalized spacial score (nSPS) is 20.9. The van der Waals surface area contributed by atoms with Crippen molar-refractivity contribution in [3.8, 4) is 0 Å². The van der Waals surface area contributed by atoms with E-state index in [0.717, 1.165) is 24.3 Å². The SMILES string of the molecule is CCc1ncc(S(=O)(=O)N2CCCC2(C)C)s1. The van der Waals surface area contributed by atoms with E-state index in [9.17, 15) is 8.42 Å². The van der Waals surface area contributed by atoms with Crippen molar-refractivity contribution >= 4 is 21.4 Å². The molecule has 0 radical (unpaired) electrons. The summed E-state index contributed by atoms with van der Waals surface area (Å²) in [6.07, 6.45) is 4.13. The Labute approximate surface area is 107 Å². The van der Waals surface area contributed by atoms with Gasteiger partial charge in [0.1, 0.15) is 0 Å². The third kappa shape index (κ3) is 2.26. The van der Waals surface area contributed by atoms with Crippen molar-refractivity contribution in [1.29, 1.82) is 0 Å². The Balaban J connectivity index is 2.36. The van der Waals surface area contributed by atoms with Gasteiger partial charge in [0.15, 0.2) is 4.21 Å². The molecule has 2 rings (SSSR count). The summed E-state index contributed by atoms with van der Waals surface area (Å²) >= 11 is 1.29. The lowest BCUT2D eigenvalue weighted by Gasteiger charge is -2.29. The number of aromatic nitrogens is 1. The third-order valence-electron chi connectivity index (χ3n) is 3.20. The first-order chi connectivity index (χ1) is 7.88. The number of nitrogens with zero attached hydrogens (tertiary/aromatic N) is 2. The van der Waals surface area contributed by atoms with Crippen LogP contribution in [0.2, 0.25) is 0 Å². The van der Waals surface area contributed by atoms with E-state index < -0.39 is 10.0 Å². The fraction of sp³-hybridized carbons (Fsp3) is 0.727. The van der Waals surface area contributed by atoms with Crippen LogP contribution in [0.25, 0.3) is 0 Å². The number of hydrogen-bond acceptors (Lipinski definition) is 4. The molecule has 2 heterocycles. The van der Waals surface area contributed by atoms with Gasteiger partial charge in [-0.05, 0) is 33.1 Å². The standard InChI is InChI=1S/C11H18N2O2S2/c1-4-9-12-8-10(16-9)17(14,15)13-7-5-6-11(13,2)3/h8H,4-7H2,1-3H3. The zero-order valence-corrected chi connectivity index (χ0v) is 12.1. The van der Waals surface area contributed by atoms with Gasteiger partial charge in [0.2, 0.25) is 0 Å². The average molecular weight is 274 g/mol. The first-order valence-electron chi connectivity index (χ1n) is 5.85. The van der Waals surface area contributed by atoms with Crippen molar-refractivity contribution in [2.45, 2.75) is 49.8 Å². The second-order valence-corrected chi connectivity index (χ2v) is 8.12. The molecular weight excluding hydrogens is 256 g/mol. The molecule has 4 nitrogen and oxygen atoms in total. The van der Waals surface area contributed by atoms with Crippen molar-refractivity contribution in [2.75, 3.05) is 6.54 Å². The maximum atomic E-state index is 12.5. The monoisotopic (exact) mass is 274 g/mol. The van der Waals surface area contributed by atoms with Crippen LogP contribution >= 0.6 is 11.3 Å². The lowest BCUT2D eigenvalue weighted by Crippen LogP contribution is -2.42. The second kappa shape index (κ2) is 4.33. The van der Waals surface area contributed by atoms with E-state index >= 15 is 0 Å². The first-order valence-corrected chi connectivity index (χ1v) is 8.11. The summed E-state index contributed by atoms with van der Waals surface area (Å²) in [5, 5.41) is 0.876. The highest BCUT2D eigenvalue weighted by Gasteiger charge is 2.41. The zero-order chi connectivity index (χ0) is 12.7. The fourth-order valence-corrected chi connectivity index (χ4v) is 5.29. The van der Waals surface area contributed by atoms with E-state index in [0.29, 0.717) is 10.8 Å². The molecule has 1 aliphatic rings. The van der Waals surface area contributed by atoms with Gasteiger partial charge in [-0.25, -0.2) is 13.4 Å². The smallest absolute Gasteiger partial charge is 0.248 e. The van der Waals surface area contributed by atoms with Gasteiger partial charge in [0.05, 0.1) is 11.2 Å². The van der Waals surface area contributed by atoms with Crippen LogP contribution in [0.15, 0.2) is 10.4 Å². The molecule has 0 spiro atoms. The highest BCUT2D eigenvalue weighted by atomic mass is 32.2. The Bertz CT molecular complexity index is 505. The van der Waals surface area contributed by atoms with E-state index in [-0.39, 0.29) is 5.54 Å². The summed E-state index contributed by atoms with van der Waals surface area (Å²) in [6.45, 7) is 6.57. The second-order valence-electron chi connectivity index (χ2n) is 4.92. The number of rotatable bonds is 3. The number of aryl methyl sites for hydroxylation is 1. The van der Waals surface area contributed by atoms with E-state index in [1.807, 2.05) is 20.8 Å². The highest BCUT2D eigenvalue weighted by Crippen LogP contribution is 2.35. The molecule has 1 aromatic rings. The molecule has 0 amide bonds. The summed E-state index contributed by atoms with van der Waals surface area (Å²) in [7, 11) is -3.35. The summed E-state index contributed by atoms with van der Waals surface area (Å²) in [6, 6.07) is 0. The van der Waals surface area contributed by atoms with Crippen LogP contribution in [0.5, 0.6) is 0 Å². The highest BCUT2D eigenvalue weighted by molar-refractivity contribution is 7.91. The minimum absolute atomic E-state index is 0.269. The van der Waals surface area contributed by atoms with Gasteiger partial charge in [-0.15, -0.1) is 11.3 Å². The van der Waals surface area contributed by atoms with E-state index in [1.54, 1.807) is 4.31 Å². The van der Waals surface area contributed by atoms with Gasteiger partial charge in [0, 0.05) is 12.1 Å². The molecule has 0 aliphatic carbocycles. The van der Waals surface area contributed by atoms with Crippen LogP contribution in [0.4, 0.5) is 0 Å². The molecule has 0 bridgehead atoms. The molecule has 0 saturated carbocycles. The lowest BCUT2D eigenvalue weighted by atomic mass is 10.0. The van der Waals surface area contributed by atoms with Gasteiger partial charge in [0.25, 0.3) is 10.0 Å². The van der Waals surface area contributed by atoms with E-state index in [2.05, 4.69) is 4.98 Å². The minimum Gasteiger partial charge on any atom is -0.248 e. The van der Waals surface area contributed by atoms with Crippen LogP contribution < -0.4 is 0 Å². The van der Waals surface area contributed by atoms with Crippen LogP contribution in [-0.2, 0) is 16.4 Å². The molecule has 0 aromatic carbocycles. The molecule has 0 N–H and O–H groups in total. The van der Waals surface area contributed by atoms with Crippen molar-refractivity contribution in [3.63, 3.8) is 0 Å². The Hall–Kier alpha value is -0.460. The largest absolute Gasteiger partial charge is 0.254 e. The Morgan fingerprint density at radius 3 is 2.71 bits per heavy atom. The topological polar surface area (TPSA) is 50.3 Å². The minimum atomic E-state index is -3.35. The van der Waals surface area contributed by atoms with Gasteiger partial charge in [-0.2, -0.15) is 4.31 Å². The molecule has 6 heteroatoms. The summed E-state index contributed by atoms with van der Waals surface area (Å²) in [5.74, 6) is 0. The number of thiazole rings is 1. The van der Waals surface area contributed by atoms with Crippen LogP contribution in [-0.4, -0.2) is 29.8 Å². The van der Waals surface area contributed by atoms with Crippen molar-refractivity contribution in [1.82, 2.24) is 9.29 Å². The molecule has 1 aliphatic heterocycles. The molecule has 1 saturated heterocycles. The van der Waals surface area contributed by atoms with Crippen molar-refractivity contribution < 1.29 is 8.42 Å². The van der Waals surface area contributed by atoms with Crippen LogP contribution in [0.1, 0.15) is 38.6 Å². The van der Waals surface area contributed by atoms with E-state index in [1.165, 1.54) is 17.5 Å². The Morgan fingerprint density at radius 1 is 1.53 bits per heavy atom. The van der Waals surface area contributed by atoms with Gasteiger partial charge < -0.3 is 0 Å². The maximum absolute atomic E-state index is 12.5. The van der Waals surface area contributed by atoms with Crippen LogP contribution in [0, 0.1) is 0 Å². The van der Waals surface area contributed by atoms with Crippen molar-refractivity contribution in [2.24, 2.45) is 0 Å². The molecule has 0 unspecified atom stereocenters. The predicted octanol–water partition coefficient (Wildman–Crippen LogP) is 2.27. The Kier molecular flexibility index (Phi) is 3.31. The molecular formula is C11H18N2O2S2. The number of sulfonamides is 1. The molecule has 1 aromatic heterocycles. The predicted molar refractivity (Wildman–Crippen MR) is 68.7 cm³/mol. The fourth-order valence-electron chi connectivity index (χ4n) is 2.21. The maximum Gasteiger partial charge on any atom is 0.254 e. The van der Waals surface area contributed by atoms with Gasteiger partial charge in [-0.3, -0.25) is 0 Å². The lowest BCUT2D eigenvalue weighted by molar-refractivity contribution is 0.292. The summed E-state index contributed by atoms with van der Waals surface area (Å²) in [4.78, 5) is 4.13. The van der Waals surface area contributed by atoms with Gasteiger partial charge >= 0.3 is 0 Å². The van der Waals surface area contributed by atoms with Crippen molar-refractivity contribution in [3.05, 3.63) is 11.2 Å². The van der Waals surface area contributed by atoms with Gasteiger partial charge in [-0.1, -0.05) is 6.92 Å².